The molecule has 0 spiro atoms. The highest BCUT2D eigenvalue weighted by Gasteiger charge is 2.31. The maximum Gasteiger partial charge on any atom is 0.292 e. The third-order valence-electron chi connectivity index (χ3n) is 5.25. The van der Waals surface area contributed by atoms with Gasteiger partial charge in [0.25, 0.3) is 5.56 Å². The predicted molar refractivity (Wildman–Crippen MR) is 105 cm³/mol. The topological polar surface area (TPSA) is 76.0 Å². The maximum absolute atomic E-state index is 12.6. The number of carbonyl (C=O) groups excluding carboxylic acids is 1. The Morgan fingerprint density at radius 3 is 2.63 bits per heavy atom. The van der Waals surface area contributed by atoms with Gasteiger partial charge in [0.2, 0.25) is 5.91 Å². The van der Waals surface area contributed by atoms with Crippen LogP contribution < -0.4 is 16.2 Å². The molecule has 4 rings (SSSR count). The Morgan fingerprint density at radius 1 is 1.11 bits per heavy atom. The number of rotatable bonds is 5. The lowest BCUT2D eigenvalue weighted by molar-refractivity contribution is -0.126. The minimum atomic E-state index is -0.355. The van der Waals surface area contributed by atoms with Crippen LogP contribution in [0.15, 0.2) is 41.3 Å². The van der Waals surface area contributed by atoms with Crippen molar-refractivity contribution in [3.8, 4) is 5.69 Å². The van der Waals surface area contributed by atoms with Gasteiger partial charge in [0.1, 0.15) is 5.02 Å². The Labute approximate surface area is 162 Å². The number of nitrogens with zero attached hydrogens (tertiary/aromatic N) is 2. The summed E-state index contributed by atoms with van der Waals surface area (Å²) in [5.41, 5.74) is 0.847. The normalized spacial score (nSPS) is 22.3. The number of halogens is 1. The molecule has 6 nitrogen and oxygen atoms in total. The lowest BCUT2D eigenvalue weighted by Crippen LogP contribution is -2.38. The molecule has 2 unspecified atom stereocenters. The van der Waals surface area contributed by atoms with Gasteiger partial charge in [0, 0.05) is 18.0 Å². The quantitative estimate of drug-likeness (QED) is 0.827. The van der Waals surface area contributed by atoms with Crippen LogP contribution in [0.25, 0.3) is 5.69 Å². The lowest BCUT2D eigenvalue weighted by atomic mass is 9.85. The number of anilines is 1. The molecule has 2 fully saturated rings. The summed E-state index contributed by atoms with van der Waals surface area (Å²) in [4.78, 5) is 24.9. The molecule has 0 radical (unpaired) electrons. The van der Waals surface area contributed by atoms with Crippen LogP contribution in [0.5, 0.6) is 0 Å². The van der Waals surface area contributed by atoms with Gasteiger partial charge in [-0.2, -0.15) is 9.78 Å². The van der Waals surface area contributed by atoms with Gasteiger partial charge in [0.15, 0.2) is 0 Å². The van der Waals surface area contributed by atoms with Gasteiger partial charge in [-0.3, -0.25) is 9.59 Å². The average Bonchev–Trinajstić information content (AvgIpc) is 3.50. The first-order chi connectivity index (χ1) is 13.1. The summed E-state index contributed by atoms with van der Waals surface area (Å²) in [6.45, 7) is 0. The van der Waals surface area contributed by atoms with Crippen molar-refractivity contribution in [2.45, 2.75) is 50.6 Å². The van der Waals surface area contributed by atoms with E-state index >= 15 is 0 Å². The molecular weight excluding hydrogens is 364 g/mol. The second-order valence-corrected chi connectivity index (χ2v) is 7.79. The minimum absolute atomic E-state index is 0.0215. The molecule has 142 valence electrons. The molecule has 2 aliphatic rings. The smallest absolute Gasteiger partial charge is 0.292 e. The molecule has 0 bridgehead atoms. The molecule has 0 saturated heterocycles. The molecule has 27 heavy (non-hydrogen) atoms. The fourth-order valence-corrected chi connectivity index (χ4v) is 3.80. The number of aromatic nitrogens is 2. The van der Waals surface area contributed by atoms with Crippen LogP contribution >= 0.6 is 11.6 Å². The maximum atomic E-state index is 12.6. The van der Waals surface area contributed by atoms with E-state index in [9.17, 15) is 9.59 Å². The van der Waals surface area contributed by atoms with Crippen LogP contribution in [0.3, 0.4) is 0 Å². The highest BCUT2D eigenvalue weighted by Crippen LogP contribution is 2.29. The van der Waals surface area contributed by atoms with Crippen molar-refractivity contribution in [2.75, 3.05) is 5.32 Å². The molecule has 2 saturated carbocycles. The van der Waals surface area contributed by atoms with Gasteiger partial charge in [-0.1, -0.05) is 36.2 Å². The van der Waals surface area contributed by atoms with E-state index in [1.54, 1.807) is 6.20 Å². The summed E-state index contributed by atoms with van der Waals surface area (Å²) in [5, 5.41) is 10.8. The standard InChI is InChI=1S/C20H23ClN4O2/c21-18-17(12-22-25(20(18)27)16-7-2-1-3-8-16)23-15-6-4-5-13(11-15)19(26)24-14-9-10-14/h1-3,7-8,12-15,23H,4-6,9-11H2,(H,24,26). The molecular formula is C20H23ClN4O2. The Morgan fingerprint density at radius 2 is 1.89 bits per heavy atom. The number of nitrogens with one attached hydrogen (secondary N) is 2. The minimum Gasteiger partial charge on any atom is -0.380 e. The lowest BCUT2D eigenvalue weighted by Gasteiger charge is -2.30. The van der Waals surface area contributed by atoms with E-state index < -0.39 is 0 Å². The van der Waals surface area contributed by atoms with E-state index in [2.05, 4.69) is 15.7 Å². The van der Waals surface area contributed by atoms with E-state index in [-0.39, 0.29) is 28.4 Å². The van der Waals surface area contributed by atoms with Gasteiger partial charge in [-0.25, -0.2) is 0 Å². The largest absolute Gasteiger partial charge is 0.380 e. The van der Waals surface area contributed by atoms with E-state index in [1.165, 1.54) is 4.68 Å². The summed E-state index contributed by atoms with van der Waals surface area (Å²) in [6, 6.07) is 9.68. The number of amides is 1. The van der Waals surface area contributed by atoms with Gasteiger partial charge in [-0.15, -0.1) is 0 Å². The van der Waals surface area contributed by atoms with E-state index in [4.69, 9.17) is 11.6 Å². The van der Waals surface area contributed by atoms with Crippen LogP contribution in [0.2, 0.25) is 5.02 Å². The first-order valence-electron chi connectivity index (χ1n) is 9.52. The second kappa shape index (κ2) is 7.72. The molecule has 1 heterocycles. The molecule has 1 aromatic carbocycles. The Balaban J connectivity index is 1.46. The first kappa shape index (κ1) is 18.0. The van der Waals surface area contributed by atoms with Crippen LogP contribution in [-0.4, -0.2) is 27.8 Å². The summed E-state index contributed by atoms with van der Waals surface area (Å²) >= 11 is 6.33. The molecule has 2 aliphatic carbocycles. The van der Waals surface area contributed by atoms with Crippen molar-refractivity contribution in [2.24, 2.45) is 5.92 Å². The third kappa shape index (κ3) is 4.16. The third-order valence-corrected chi connectivity index (χ3v) is 5.61. The van der Waals surface area contributed by atoms with Crippen LogP contribution in [-0.2, 0) is 4.79 Å². The Kier molecular flexibility index (Phi) is 5.16. The van der Waals surface area contributed by atoms with E-state index in [0.717, 1.165) is 38.5 Å². The zero-order valence-corrected chi connectivity index (χ0v) is 15.8. The summed E-state index contributed by atoms with van der Waals surface area (Å²) in [6.07, 6.45) is 7.37. The van der Waals surface area contributed by atoms with Crippen molar-refractivity contribution >= 4 is 23.2 Å². The van der Waals surface area contributed by atoms with Gasteiger partial charge < -0.3 is 10.6 Å². The van der Waals surface area contributed by atoms with Crippen LogP contribution in [0, 0.1) is 5.92 Å². The average molecular weight is 387 g/mol. The highest BCUT2D eigenvalue weighted by molar-refractivity contribution is 6.33. The van der Waals surface area contributed by atoms with E-state index in [0.29, 0.717) is 17.4 Å². The van der Waals surface area contributed by atoms with Crippen LogP contribution in [0.1, 0.15) is 38.5 Å². The number of para-hydroxylation sites is 1. The summed E-state index contributed by atoms with van der Waals surface area (Å²) < 4.78 is 1.29. The first-order valence-corrected chi connectivity index (χ1v) is 9.90. The predicted octanol–water partition coefficient (Wildman–Crippen LogP) is 3.14. The van der Waals surface area contributed by atoms with Crippen molar-refractivity contribution in [1.82, 2.24) is 15.1 Å². The van der Waals surface area contributed by atoms with Gasteiger partial charge in [0.05, 0.1) is 17.6 Å². The zero-order chi connectivity index (χ0) is 18.8. The highest BCUT2D eigenvalue weighted by atomic mass is 35.5. The number of carbonyl (C=O) groups is 1. The zero-order valence-electron chi connectivity index (χ0n) is 15.0. The van der Waals surface area contributed by atoms with Crippen LogP contribution in [0.4, 0.5) is 5.69 Å². The van der Waals surface area contributed by atoms with Crippen molar-refractivity contribution in [1.29, 1.82) is 0 Å². The Hall–Kier alpha value is -2.34. The SMILES string of the molecule is O=C(NC1CC1)C1CCCC(Nc2cnn(-c3ccccc3)c(=O)c2Cl)C1. The molecule has 1 amide bonds. The van der Waals surface area contributed by atoms with Gasteiger partial charge in [-0.05, 0) is 44.2 Å². The number of hydrogen-bond acceptors (Lipinski definition) is 4. The van der Waals surface area contributed by atoms with E-state index in [1.807, 2.05) is 30.3 Å². The molecule has 2 aromatic rings. The monoisotopic (exact) mass is 386 g/mol. The van der Waals surface area contributed by atoms with Gasteiger partial charge >= 0.3 is 0 Å². The molecule has 0 aliphatic heterocycles. The number of benzene rings is 1. The molecule has 7 heteroatoms. The second-order valence-electron chi connectivity index (χ2n) is 7.41. The van der Waals surface area contributed by atoms with Crippen molar-refractivity contribution in [3.63, 3.8) is 0 Å². The Bertz CT molecular complexity index is 879. The fraction of sp³-hybridized carbons (Fsp3) is 0.450. The van der Waals surface area contributed by atoms with Crippen molar-refractivity contribution in [3.05, 3.63) is 51.9 Å². The summed E-state index contributed by atoms with van der Waals surface area (Å²) in [7, 11) is 0. The molecule has 1 aromatic heterocycles. The molecule has 2 N–H and O–H groups in total. The van der Waals surface area contributed by atoms with Crippen molar-refractivity contribution < 1.29 is 4.79 Å². The summed E-state index contributed by atoms with van der Waals surface area (Å²) in [5.74, 6) is 0.181. The molecule has 2 atom stereocenters. The number of hydrogen-bond donors (Lipinski definition) is 2. The fourth-order valence-electron chi connectivity index (χ4n) is 3.61.